The Morgan fingerprint density at radius 3 is 2.31 bits per heavy atom. The molecule has 1 aromatic heterocycles. The first-order valence-corrected chi connectivity index (χ1v) is 9.88. The summed E-state index contributed by atoms with van der Waals surface area (Å²) in [4.78, 5) is 9.24. The van der Waals surface area contributed by atoms with Crippen LogP contribution in [0.5, 0.6) is 5.75 Å². The third-order valence-electron chi connectivity index (χ3n) is 5.21. The molecule has 1 saturated heterocycles. The fourth-order valence-electron chi connectivity index (χ4n) is 3.50. The molecule has 7 nitrogen and oxygen atoms in total. The van der Waals surface area contributed by atoms with E-state index < -0.39 is 0 Å². The number of ether oxygens (including phenoxy) is 1. The van der Waals surface area contributed by atoms with Gasteiger partial charge in [-0.15, -0.1) is 5.10 Å². The van der Waals surface area contributed by atoms with Gasteiger partial charge < -0.3 is 19.9 Å². The van der Waals surface area contributed by atoms with Gasteiger partial charge in [-0.05, 0) is 36.8 Å². The van der Waals surface area contributed by atoms with E-state index in [0.29, 0.717) is 5.95 Å². The summed E-state index contributed by atoms with van der Waals surface area (Å²) in [5, 5.41) is 11.8. The van der Waals surface area contributed by atoms with Gasteiger partial charge in [0.05, 0.1) is 13.3 Å². The number of rotatable bonds is 6. The van der Waals surface area contributed by atoms with Crippen molar-refractivity contribution in [2.45, 2.75) is 13.0 Å². The highest BCUT2D eigenvalue weighted by atomic mass is 16.5. The Balaban J connectivity index is 1.38. The number of anilines is 3. The van der Waals surface area contributed by atoms with Crippen LogP contribution in [0.15, 0.2) is 60.8 Å². The van der Waals surface area contributed by atoms with E-state index in [4.69, 9.17) is 4.74 Å². The Morgan fingerprint density at radius 2 is 1.62 bits per heavy atom. The average molecular weight is 390 g/mol. The summed E-state index contributed by atoms with van der Waals surface area (Å²) >= 11 is 0. The van der Waals surface area contributed by atoms with Crippen LogP contribution in [0.3, 0.4) is 0 Å². The van der Waals surface area contributed by atoms with Gasteiger partial charge in [-0.25, -0.2) is 0 Å². The Labute approximate surface area is 171 Å². The first kappa shape index (κ1) is 19.0. The molecule has 0 aliphatic carbocycles. The Bertz CT molecular complexity index is 910. The highest BCUT2D eigenvalue weighted by Gasteiger charge is 2.20. The van der Waals surface area contributed by atoms with Crippen molar-refractivity contribution in [1.82, 2.24) is 15.2 Å². The maximum Gasteiger partial charge on any atom is 0.247 e. The van der Waals surface area contributed by atoms with Gasteiger partial charge in [-0.1, -0.05) is 30.3 Å². The zero-order valence-electron chi connectivity index (χ0n) is 16.8. The van der Waals surface area contributed by atoms with E-state index in [-0.39, 0.29) is 6.04 Å². The molecule has 0 bridgehead atoms. The number of methoxy groups -OCH3 is 1. The molecule has 0 spiro atoms. The summed E-state index contributed by atoms with van der Waals surface area (Å²) in [6.45, 7) is 5.64. The van der Waals surface area contributed by atoms with Crippen LogP contribution >= 0.6 is 0 Å². The second-order valence-electron chi connectivity index (χ2n) is 7.09. The van der Waals surface area contributed by atoms with Crippen LogP contribution in [0.4, 0.5) is 17.5 Å². The molecule has 0 saturated carbocycles. The van der Waals surface area contributed by atoms with Crippen molar-refractivity contribution in [1.29, 1.82) is 0 Å². The maximum absolute atomic E-state index is 5.24. The highest BCUT2D eigenvalue weighted by molar-refractivity contribution is 5.51. The van der Waals surface area contributed by atoms with Crippen molar-refractivity contribution in [3.63, 3.8) is 0 Å². The van der Waals surface area contributed by atoms with Gasteiger partial charge in [-0.2, -0.15) is 10.1 Å². The Kier molecular flexibility index (Phi) is 5.74. The van der Waals surface area contributed by atoms with Crippen LogP contribution in [-0.2, 0) is 0 Å². The number of nitrogens with zero attached hydrogens (tertiary/aromatic N) is 5. The van der Waals surface area contributed by atoms with Crippen molar-refractivity contribution in [3.8, 4) is 5.75 Å². The molecular weight excluding hydrogens is 364 g/mol. The minimum atomic E-state index is 0.146. The van der Waals surface area contributed by atoms with Gasteiger partial charge in [0.25, 0.3) is 0 Å². The molecular formula is C22H26N6O. The number of aromatic nitrogens is 3. The monoisotopic (exact) mass is 390 g/mol. The minimum Gasteiger partial charge on any atom is -0.497 e. The zero-order chi connectivity index (χ0) is 20.1. The largest absolute Gasteiger partial charge is 0.497 e. The van der Waals surface area contributed by atoms with E-state index in [0.717, 1.165) is 37.7 Å². The predicted octanol–water partition coefficient (Wildman–Crippen LogP) is 3.38. The molecule has 150 valence electrons. The van der Waals surface area contributed by atoms with Crippen molar-refractivity contribution in [2.75, 3.05) is 48.4 Å². The molecule has 3 aromatic rings. The number of hydrogen-bond donors (Lipinski definition) is 1. The molecule has 1 unspecified atom stereocenters. The fourth-order valence-corrected chi connectivity index (χ4v) is 3.50. The first-order valence-electron chi connectivity index (χ1n) is 9.88. The number of hydrogen-bond acceptors (Lipinski definition) is 7. The summed E-state index contributed by atoms with van der Waals surface area (Å²) in [5.74, 6) is 2.29. The van der Waals surface area contributed by atoms with Crippen molar-refractivity contribution in [2.24, 2.45) is 0 Å². The van der Waals surface area contributed by atoms with E-state index in [1.54, 1.807) is 13.3 Å². The van der Waals surface area contributed by atoms with Gasteiger partial charge in [0.2, 0.25) is 5.95 Å². The molecule has 0 radical (unpaired) electrons. The lowest BCUT2D eigenvalue weighted by molar-refractivity contribution is 0.415. The molecule has 2 aromatic carbocycles. The Hall–Kier alpha value is -3.35. The lowest BCUT2D eigenvalue weighted by Crippen LogP contribution is -2.47. The molecule has 1 aliphatic heterocycles. The molecule has 7 heteroatoms. The molecule has 1 aliphatic rings. The molecule has 1 N–H and O–H groups in total. The first-order chi connectivity index (χ1) is 14.2. The Morgan fingerprint density at radius 1 is 0.931 bits per heavy atom. The van der Waals surface area contributed by atoms with Crippen LogP contribution in [0.1, 0.15) is 18.5 Å². The van der Waals surface area contributed by atoms with Crippen molar-refractivity contribution < 1.29 is 4.74 Å². The second kappa shape index (κ2) is 8.77. The van der Waals surface area contributed by atoms with E-state index in [1.165, 1.54) is 11.3 Å². The lowest BCUT2D eigenvalue weighted by Gasteiger charge is -2.36. The molecule has 0 amide bonds. The van der Waals surface area contributed by atoms with Crippen LogP contribution in [-0.4, -0.2) is 48.5 Å². The van der Waals surface area contributed by atoms with Gasteiger partial charge in [-0.3, -0.25) is 0 Å². The smallest absolute Gasteiger partial charge is 0.247 e. The summed E-state index contributed by atoms with van der Waals surface area (Å²) in [5.41, 5.74) is 2.41. The summed E-state index contributed by atoms with van der Waals surface area (Å²) < 4.78 is 5.24. The molecule has 4 rings (SSSR count). The summed E-state index contributed by atoms with van der Waals surface area (Å²) in [6, 6.07) is 18.6. The molecule has 29 heavy (non-hydrogen) atoms. The second-order valence-corrected chi connectivity index (χ2v) is 7.09. The highest BCUT2D eigenvalue weighted by Crippen LogP contribution is 2.22. The summed E-state index contributed by atoms with van der Waals surface area (Å²) in [7, 11) is 1.69. The van der Waals surface area contributed by atoms with Gasteiger partial charge in [0.1, 0.15) is 5.75 Å². The number of benzene rings is 2. The molecule has 2 heterocycles. The van der Waals surface area contributed by atoms with Crippen molar-refractivity contribution in [3.05, 3.63) is 66.4 Å². The molecule has 1 fully saturated rings. The van der Waals surface area contributed by atoms with Crippen LogP contribution in [0.2, 0.25) is 0 Å². The van der Waals surface area contributed by atoms with Gasteiger partial charge in [0.15, 0.2) is 5.82 Å². The summed E-state index contributed by atoms with van der Waals surface area (Å²) in [6.07, 6.45) is 1.68. The standard InChI is InChI=1S/C22H26N6O/c1-17(18-6-4-3-5-7-18)24-21-16-23-26-22(25-21)28-14-12-27(13-15-28)19-8-10-20(29-2)11-9-19/h3-11,16-17H,12-15H2,1-2H3,(H,24,25,26). The minimum absolute atomic E-state index is 0.146. The third kappa shape index (κ3) is 4.56. The maximum atomic E-state index is 5.24. The van der Waals surface area contributed by atoms with E-state index in [9.17, 15) is 0 Å². The van der Waals surface area contributed by atoms with Gasteiger partial charge >= 0.3 is 0 Å². The van der Waals surface area contributed by atoms with Gasteiger partial charge in [0, 0.05) is 37.9 Å². The molecule has 1 atom stereocenters. The fraction of sp³-hybridized carbons (Fsp3) is 0.318. The van der Waals surface area contributed by atoms with Crippen LogP contribution < -0.4 is 19.9 Å². The van der Waals surface area contributed by atoms with Crippen molar-refractivity contribution >= 4 is 17.5 Å². The predicted molar refractivity (Wildman–Crippen MR) is 116 cm³/mol. The van der Waals surface area contributed by atoms with Crippen LogP contribution in [0, 0.1) is 0 Å². The SMILES string of the molecule is COc1ccc(N2CCN(c3nncc(NC(C)c4ccccc4)n3)CC2)cc1. The lowest BCUT2D eigenvalue weighted by atomic mass is 10.1. The third-order valence-corrected chi connectivity index (χ3v) is 5.21. The number of nitrogens with one attached hydrogen (secondary N) is 1. The van der Waals surface area contributed by atoms with E-state index in [2.05, 4.69) is 61.5 Å². The quantitative estimate of drug-likeness (QED) is 0.692. The zero-order valence-corrected chi connectivity index (χ0v) is 16.8. The van der Waals surface area contributed by atoms with Crippen LogP contribution in [0.25, 0.3) is 0 Å². The average Bonchev–Trinajstić information content (AvgIpc) is 2.80. The van der Waals surface area contributed by atoms with E-state index >= 15 is 0 Å². The topological polar surface area (TPSA) is 66.4 Å². The normalized spacial score (nSPS) is 15.1. The van der Waals surface area contributed by atoms with E-state index in [1.807, 2.05) is 30.3 Å². The number of piperazine rings is 1.